The van der Waals surface area contributed by atoms with Gasteiger partial charge in [0.1, 0.15) is 12.4 Å². The van der Waals surface area contributed by atoms with Crippen molar-refractivity contribution in [1.29, 1.82) is 0 Å². The maximum Gasteiger partial charge on any atom is 0.140 e. The summed E-state index contributed by atoms with van der Waals surface area (Å²) in [5.41, 5.74) is 1.04. The Morgan fingerprint density at radius 3 is 2.67 bits per heavy atom. The Kier molecular flexibility index (Phi) is 7.00. The van der Waals surface area contributed by atoms with E-state index in [9.17, 15) is 0 Å². The molecule has 0 aliphatic rings. The van der Waals surface area contributed by atoms with E-state index >= 15 is 0 Å². The fourth-order valence-corrected chi connectivity index (χ4v) is 2.55. The van der Waals surface area contributed by atoms with Crippen LogP contribution >= 0.6 is 27.5 Å². The van der Waals surface area contributed by atoms with Crippen LogP contribution in [0.3, 0.4) is 0 Å². The van der Waals surface area contributed by atoms with Gasteiger partial charge in [-0.2, -0.15) is 0 Å². The van der Waals surface area contributed by atoms with Crippen molar-refractivity contribution >= 4 is 27.5 Å². The van der Waals surface area contributed by atoms with E-state index in [1.54, 1.807) is 0 Å². The van der Waals surface area contributed by atoms with E-state index in [0.717, 1.165) is 35.4 Å². The molecular formula is C13H20BrClN2O. The molecule has 0 bridgehead atoms. The lowest BCUT2D eigenvalue weighted by Crippen LogP contribution is -2.29. The monoisotopic (exact) mass is 334 g/mol. The lowest BCUT2D eigenvalue weighted by Gasteiger charge is -2.13. The van der Waals surface area contributed by atoms with Crippen molar-refractivity contribution in [3.05, 3.63) is 27.2 Å². The number of likely N-dealkylation sites (N-methyl/N-ethyl adjacent to an activating group) is 1. The molecule has 0 fully saturated rings. The average molecular weight is 336 g/mol. The van der Waals surface area contributed by atoms with Crippen LogP contribution in [-0.2, 0) is 0 Å². The lowest BCUT2D eigenvalue weighted by molar-refractivity contribution is 0.307. The minimum Gasteiger partial charge on any atom is -0.490 e. The largest absolute Gasteiger partial charge is 0.490 e. The molecule has 1 N–H and O–H groups in total. The Morgan fingerprint density at radius 2 is 2.06 bits per heavy atom. The number of hydrogen-bond acceptors (Lipinski definition) is 3. The van der Waals surface area contributed by atoms with Crippen LogP contribution in [0.25, 0.3) is 0 Å². The van der Waals surface area contributed by atoms with E-state index in [0.29, 0.717) is 11.6 Å². The minimum atomic E-state index is 0.621. The highest BCUT2D eigenvalue weighted by molar-refractivity contribution is 9.10. The second-order valence-corrected chi connectivity index (χ2v) is 5.76. The fourth-order valence-electron chi connectivity index (χ4n) is 1.52. The van der Waals surface area contributed by atoms with Crippen LogP contribution < -0.4 is 10.1 Å². The van der Waals surface area contributed by atoms with E-state index < -0.39 is 0 Å². The van der Waals surface area contributed by atoms with Crippen LogP contribution in [0.1, 0.15) is 5.56 Å². The van der Waals surface area contributed by atoms with Crippen molar-refractivity contribution in [2.75, 3.05) is 40.3 Å². The van der Waals surface area contributed by atoms with Crippen LogP contribution in [0.15, 0.2) is 16.6 Å². The third kappa shape index (κ3) is 5.57. The van der Waals surface area contributed by atoms with Gasteiger partial charge in [0.2, 0.25) is 0 Å². The summed E-state index contributed by atoms with van der Waals surface area (Å²) in [4.78, 5) is 2.14. The molecular weight excluding hydrogens is 316 g/mol. The summed E-state index contributed by atoms with van der Waals surface area (Å²) >= 11 is 9.54. The molecule has 0 heterocycles. The SMILES string of the molecule is Cc1cc(Br)cc(Cl)c1OCCNCCN(C)C. The van der Waals surface area contributed by atoms with Gasteiger partial charge in [0, 0.05) is 24.1 Å². The Hall–Kier alpha value is -0.290. The van der Waals surface area contributed by atoms with Crippen molar-refractivity contribution in [3.8, 4) is 5.75 Å². The molecule has 0 spiro atoms. The molecule has 0 saturated carbocycles. The highest BCUT2D eigenvalue weighted by Gasteiger charge is 2.06. The zero-order valence-electron chi connectivity index (χ0n) is 11.1. The normalized spacial score (nSPS) is 11.0. The van der Waals surface area contributed by atoms with Gasteiger partial charge in [-0.25, -0.2) is 0 Å². The van der Waals surface area contributed by atoms with Crippen molar-refractivity contribution in [3.63, 3.8) is 0 Å². The van der Waals surface area contributed by atoms with Gasteiger partial charge in [0.05, 0.1) is 5.02 Å². The molecule has 1 rings (SSSR count). The number of rotatable bonds is 7. The zero-order valence-corrected chi connectivity index (χ0v) is 13.4. The number of nitrogens with one attached hydrogen (secondary N) is 1. The van der Waals surface area contributed by atoms with Crippen LogP contribution in [0, 0.1) is 6.92 Å². The molecule has 0 atom stereocenters. The maximum absolute atomic E-state index is 6.13. The van der Waals surface area contributed by atoms with Gasteiger partial charge in [-0.3, -0.25) is 0 Å². The number of aryl methyl sites for hydroxylation is 1. The van der Waals surface area contributed by atoms with Gasteiger partial charge in [-0.15, -0.1) is 0 Å². The summed E-state index contributed by atoms with van der Waals surface area (Å²) in [5.74, 6) is 0.772. The van der Waals surface area contributed by atoms with Crippen LogP contribution in [0.5, 0.6) is 5.75 Å². The predicted octanol–water partition coefficient (Wildman–Crippen LogP) is 2.94. The van der Waals surface area contributed by atoms with Crippen LogP contribution in [0.2, 0.25) is 5.02 Å². The molecule has 5 heteroatoms. The molecule has 1 aromatic carbocycles. The fraction of sp³-hybridized carbons (Fsp3) is 0.538. The van der Waals surface area contributed by atoms with Gasteiger partial charge in [0.25, 0.3) is 0 Å². The van der Waals surface area contributed by atoms with Crippen LogP contribution in [0.4, 0.5) is 0 Å². The summed E-state index contributed by atoms with van der Waals surface area (Å²) < 4.78 is 6.67. The summed E-state index contributed by atoms with van der Waals surface area (Å²) in [7, 11) is 4.12. The molecule has 1 aromatic rings. The van der Waals surface area contributed by atoms with E-state index in [2.05, 4.69) is 40.2 Å². The Labute approximate surface area is 123 Å². The number of halogens is 2. The maximum atomic E-state index is 6.13. The number of benzene rings is 1. The second kappa shape index (κ2) is 8.00. The van der Waals surface area contributed by atoms with Crippen molar-refractivity contribution in [2.24, 2.45) is 0 Å². The summed E-state index contributed by atoms with van der Waals surface area (Å²) in [6.45, 7) is 5.42. The van der Waals surface area contributed by atoms with E-state index in [-0.39, 0.29) is 0 Å². The highest BCUT2D eigenvalue weighted by Crippen LogP contribution is 2.31. The Balaban J connectivity index is 2.31. The molecule has 0 radical (unpaired) electrons. The predicted molar refractivity (Wildman–Crippen MR) is 80.8 cm³/mol. The van der Waals surface area contributed by atoms with Gasteiger partial charge in [-0.1, -0.05) is 27.5 Å². The van der Waals surface area contributed by atoms with Crippen molar-refractivity contribution in [2.45, 2.75) is 6.92 Å². The summed E-state index contributed by atoms with van der Waals surface area (Å²) in [6.07, 6.45) is 0. The lowest BCUT2D eigenvalue weighted by atomic mass is 10.2. The van der Waals surface area contributed by atoms with Gasteiger partial charge in [-0.05, 0) is 38.7 Å². The molecule has 0 aromatic heterocycles. The standard InChI is InChI=1S/C13H20BrClN2O/c1-10-8-11(14)9-12(15)13(10)18-7-5-16-4-6-17(2)3/h8-9,16H,4-7H2,1-3H3. The third-order valence-corrected chi connectivity index (χ3v) is 3.19. The van der Waals surface area contributed by atoms with E-state index in [1.165, 1.54) is 0 Å². The minimum absolute atomic E-state index is 0.621. The molecule has 0 aliphatic heterocycles. The molecule has 102 valence electrons. The van der Waals surface area contributed by atoms with E-state index in [4.69, 9.17) is 16.3 Å². The van der Waals surface area contributed by atoms with Gasteiger partial charge < -0.3 is 15.0 Å². The average Bonchev–Trinajstić information content (AvgIpc) is 2.25. The number of ether oxygens (including phenoxy) is 1. The Morgan fingerprint density at radius 1 is 1.33 bits per heavy atom. The second-order valence-electron chi connectivity index (χ2n) is 4.44. The first-order valence-electron chi connectivity index (χ1n) is 5.94. The smallest absolute Gasteiger partial charge is 0.140 e. The van der Waals surface area contributed by atoms with Crippen LogP contribution in [-0.4, -0.2) is 45.2 Å². The molecule has 0 unspecified atom stereocenters. The Bertz CT molecular complexity index is 362. The van der Waals surface area contributed by atoms with E-state index in [1.807, 2.05) is 19.1 Å². The highest BCUT2D eigenvalue weighted by atomic mass is 79.9. The van der Waals surface area contributed by atoms with Crippen molar-refractivity contribution in [1.82, 2.24) is 10.2 Å². The first kappa shape index (κ1) is 15.8. The number of nitrogens with zero attached hydrogens (tertiary/aromatic N) is 1. The first-order valence-corrected chi connectivity index (χ1v) is 7.11. The topological polar surface area (TPSA) is 24.5 Å². The molecule has 18 heavy (non-hydrogen) atoms. The number of hydrogen-bond donors (Lipinski definition) is 1. The van der Waals surface area contributed by atoms with Gasteiger partial charge in [0.15, 0.2) is 0 Å². The molecule has 0 amide bonds. The molecule has 0 saturated heterocycles. The quantitative estimate of drug-likeness (QED) is 0.775. The summed E-state index contributed by atoms with van der Waals surface area (Å²) in [5, 5.41) is 3.97. The van der Waals surface area contributed by atoms with Crippen molar-refractivity contribution < 1.29 is 4.74 Å². The zero-order chi connectivity index (χ0) is 13.5. The third-order valence-electron chi connectivity index (χ3n) is 2.46. The first-order chi connectivity index (χ1) is 8.50. The van der Waals surface area contributed by atoms with Gasteiger partial charge >= 0.3 is 0 Å². The summed E-state index contributed by atoms with van der Waals surface area (Å²) in [6, 6.07) is 3.85. The molecule has 3 nitrogen and oxygen atoms in total. The molecule has 0 aliphatic carbocycles.